The van der Waals surface area contributed by atoms with Crippen molar-refractivity contribution in [2.45, 2.75) is 39.0 Å². The van der Waals surface area contributed by atoms with Gasteiger partial charge >= 0.3 is 0 Å². The molecule has 0 fully saturated rings. The highest BCUT2D eigenvalue weighted by Gasteiger charge is 2.28. The van der Waals surface area contributed by atoms with Crippen LogP contribution in [0.1, 0.15) is 27.2 Å². The van der Waals surface area contributed by atoms with E-state index in [1.165, 1.54) is 0 Å². The Labute approximate surface area is 67.9 Å². The van der Waals surface area contributed by atoms with Gasteiger partial charge in [-0.2, -0.15) is 0 Å². The molecular formula is C7H19N3O. The first-order valence-electron chi connectivity index (χ1n) is 3.84. The third-order valence-electron chi connectivity index (χ3n) is 2.24. The molecule has 0 aromatic carbocycles. The summed E-state index contributed by atoms with van der Waals surface area (Å²) >= 11 is 0. The highest BCUT2D eigenvalue weighted by Crippen LogP contribution is 2.19. The Kier molecular flexibility index (Phi) is 3.96. The van der Waals surface area contributed by atoms with Crippen LogP contribution >= 0.6 is 0 Å². The van der Waals surface area contributed by atoms with Gasteiger partial charge in [-0.15, -0.1) is 0 Å². The number of nitrogens with two attached hydrogens (primary N) is 2. The Morgan fingerprint density at radius 3 is 2.09 bits per heavy atom. The predicted octanol–water partition coefficient (Wildman–Crippen LogP) is -0.468. The minimum absolute atomic E-state index is 0.284. The molecule has 0 saturated carbocycles. The van der Waals surface area contributed by atoms with Crippen molar-refractivity contribution in [3.8, 4) is 0 Å². The van der Waals surface area contributed by atoms with Crippen molar-refractivity contribution in [1.29, 1.82) is 0 Å². The van der Waals surface area contributed by atoms with Crippen LogP contribution in [0.4, 0.5) is 0 Å². The number of aliphatic hydroxyl groups is 1. The van der Waals surface area contributed by atoms with E-state index in [0.717, 1.165) is 0 Å². The van der Waals surface area contributed by atoms with Gasteiger partial charge in [-0.05, 0) is 12.8 Å². The van der Waals surface area contributed by atoms with Crippen LogP contribution in [0.5, 0.6) is 0 Å². The second-order valence-electron chi connectivity index (χ2n) is 3.49. The standard InChI is InChI=1S/C7H19N3O/c1-5(2)7(3,10-9)4-6(8)11/h5-6,10-11H,4,8-9H2,1-3H3. The normalized spacial score (nSPS) is 19.9. The molecule has 68 valence electrons. The van der Waals surface area contributed by atoms with Gasteiger partial charge in [0.2, 0.25) is 0 Å². The molecule has 0 amide bonds. The number of hydrogen-bond donors (Lipinski definition) is 4. The molecule has 0 bridgehead atoms. The molecule has 0 aliphatic heterocycles. The van der Waals surface area contributed by atoms with Gasteiger partial charge in [0.15, 0.2) is 0 Å². The molecule has 0 heterocycles. The maximum absolute atomic E-state index is 8.95. The number of nitrogens with one attached hydrogen (secondary N) is 1. The van der Waals surface area contributed by atoms with E-state index >= 15 is 0 Å². The van der Waals surface area contributed by atoms with E-state index in [1.54, 1.807) is 0 Å². The largest absolute Gasteiger partial charge is 0.379 e. The SMILES string of the molecule is CC(C)C(C)(CC(N)O)NN. The fraction of sp³-hybridized carbons (Fsp3) is 1.00. The van der Waals surface area contributed by atoms with E-state index in [1.807, 2.05) is 20.8 Å². The van der Waals surface area contributed by atoms with Crippen molar-refractivity contribution >= 4 is 0 Å². The van der Waals surface area contributed by atoms with E-state index in [4.69, 9.17) is 16.7 Å². The summed E-state index contributed by atoms with van der Waals surface area (Å²) in [5.74, 6) is 5.68. The Morgan fingerprint density at radius 1 is 1.55 bits per heavy atom. The lowest BCUT2D eigenvalue weighted by Crippen LogP contribution is -2.53. The van der Waals surface area contributed by atoms with Crippen molar-refractivity contribution in [3.63, 3.8) is 0 Å². The molecule has 0 aliphatic carbocycles. The van der Waals surface area contributed by atoms with Crippen LogP contribution in [0.2, 0.25) is 0 Å². The smallest absolute Gasteiger partial charge is 0.104 e. The third kappa shape index (κ3) is 3.16. The van der Waals surface area contributed by atoms with Crippen LogP contribution < -0.4 is 17.0 Å². The lowest BCUT2D eigenvalue weighted by atomic mass is 9.85. The summed E-state index contributed by atoms with van der Waals surface area (Å²) in [5.41, 5.74) is 7.64. The molecule has 2 unspecified atom stereocenters. The zero-order valence-corrected chi connectivity index (χ0v) is 7.46. The Hall–Kier alpha value is -0.160. The van der Waals surface area contributed by atoms with Gasteiger partial charge < -0.3 is 10.8 Å². The van der Waals surface area contributed by atoms with E-state index in [0.29, 0.717) is 12.3 Å². The summed E-state index contributed by atoms with van der Waals surface area (Å²) in [4.78, 5) is 0. The Bertz CT molecular complexity index is 116. The first-order chi connectivity index (χ1) is 4.92. The topological polar surface area (TPSA) is 84.3 Å². The van der Waals surface area contributed by atoms with Crippen molar-refractivity contribution in [3.05, 3.63) is 0 Å². The number of hydrogen-bond acceptors (Lipinski definition) is 4. The Morgan fingerprint density at radius 2 is 2.00 bits per heavy atom. The van der Waals surface area contributed by atoms with Crippen LogP contribution in [-0.2, 0) is 0 Å². The summed E-state index contributed by atoms with van der Waals surface area (Å²) < 4.78 is 0. The van der Waals surface area contributed by atoms with Gasteiger partial charge in [-0.3, -0.25) is 11.3 Å². The van der Waals surface area contributed by atoms with E-state index in [2.05, 4.69) is 5.43 Å². The van der Waals surface area contributed by atoms with Gasteiger partial charge in [0, 0.05) is 12.0 Å². The maximum atomic E-state index is 8.95. The molecule has 0 spiro atoms. The number of aliphatic hydroxyl groups excluding tert-OH is 1. The first-order valence-corrected chi connectivity index (χ1v) is 3.84. The van der Waals surface area contributed by atoms with Crippen LogP contribution in [-0.4, -0.2) is 16.9 Å². The summed E-state index contributed by atoms with van der Waals surface area (Å²) in [6.07, 6.45) is -0.348. The molecule has 4 nitrogen and oxygen atoms in total. The van der Waals surface area contributed by atoms with Crippen molar-refractivity contribution < 1.29 is 5.11 Å². The molecule has 0 radical (unpaired) electrons. The van der Waals surface area contributed by atoms with Gasteiger partial charge in [0.25, 0.3) is 0 Å². The molecule has 6 N–H and O–H groups in total. The van der Waals surface area contributed by atoms with E-state index in [-0.39, 0.29) is 5.54 Å². The molecule has 0 aliphatic rings. The summed E-state index contributed by atoms with van der Waals surface area (Å²) in [7, 11) is 0. The quantitative estimate of drug-likeness (QED) is 0.255. The molecule has 0 aromatic rings. The number of hydrazine groups is 1. The van der Waals surface area contributed by atoms with Crippen molar-refractivity contribution in [1.82, 2.24) is 5.43 Å². The second kappa shape index (κ2) is 4.01. The Balaban J connectivity index is 4.10. The zero-order chi connectivity index (χ0) is 9.07. The summed E-state index contributed by atoms with van der Waals surface area (Å²) in [6, 6.07) is 0. The molecule has 4 heteroatoms. The third-order valence-corrected chi connectivity index (χ3v) is 2.24. The van der Waals surface area contributed by atoms with Crippen molar-refractivity contribution in [2.75, 3.05) is 0 Å². The molecule has 0 saturated heterocycles. The molecule has 0 rings (SSSR count). The minimum atomic E-state index is -0.807. The predicted molar refractivity (Wildman–Crippen MR) is 45.4 cm³/mol. The fourth-order valence-corrected chi connectivity index (χ4v) is 0.896. The van der Waals surface area contributed by atoms with E-state index in [9.17, 15) is 0 Å². The first kappa shape index (κ1) is 10.8. The average molecular weight is 161 g/mol. The van der Waals surface area contributed by atoms with Gasteiger partial charge in [-0.25, -0.2) is 0 Å². The van der Waals surface area contributed by atoms with Crippen LogP contribution in [0.3, 0.4) is 0 Å². The summed E-state index contributed by atoms with van der Waals surface area (Å²) in [6.45, 7) is 6.00. The molecular weight excluding hydrogens is 142 g/mol. The van der Waals surface area contributed by atoms with Crippen molar-refractivity contribution in [2.24, 2.45) is 17.5 Å². The number of rotatable bonds is 4. The average Bonchev–Trinajstić information content (AvgIpc) is 1.86. The molecule has 11 heavy (non-hydrogen) atoms. The zero-order valence-electron chi connectivity index (χ0n) is 7.46. The molecule has 0 aromatic heterocycles. The monoisotopic (exact) mass is 161 g/mol. The molecule has 2 atom stereocenters. The lowest BCUT2D eigenvalue weighted by Gasteiger charge is -2.33. The fourth-order valence-electron chi connectivity index (χ4n) is 0.896. The highest BCUT2D eigenvalue weighted by atomic mass is 16.3. The van der Waals surface area contributed by atoms with E-state index < -0.39 is 6.23 Å². The van der Waals surface area contributed by atoms with Crippen LogP contribution in [0.15, 0.2) is 0 Å². The lowest BCUT2D eigenvalue weighted by molar-refractivity contribution is 0.107. The highest BCUT2D eigenvalue weighted by molar-refractivity contribution is 4.85. The second-order valence-corrected chi connectivity index (χ2v) is 3.49. The maximum Gasteiger partial charge on any atom is 0.104 e. The van der Waals surface area contributed by atoms with Gasteiger partial charge in [0.05, 0.1) is 0 Å². The minimum Gasteiger partial charge on any atom is -0.379 e. The van der Waals surface area contributed by atoms with Crippen LogP contribution in [0.25, 0.3) is 0 Å². The van der Waals surface area contributed by atoms with Gasteiger partial charge in [-0.1, -0.05) is 13.8 Å². The summed E-state index contributed by atoms with van der Waals surface area (Å²) in [5, 5.41) is 8.95. The van der Waals surface area contributed by atoms with Gasteiger partial charge in [0.1, 0.15) is 6.23 Å². The van der Waals surface area contributed by atoms with Crippen LogP contribution in [0, 0.1) is 5.92 Å².